The SMILES string of the molecule is CCOc1ccc(C(=O)Oc2ccc([N+](=O)[O-])cc2C=O)cc1Br. The first kappa shape index (κ1) is 17.6. The fourth-order valence-electron chi connectivity index (χ4n) is 1.89. The molecule has 0 saturated carbocycles. The Bertz CT molecular complexity index is 805. The average Bonchev–Trinajstić information content (AvgIpc) is 2.56. The van der Waals surface area contributed by atoms with Crippen molar-refractivity contribution in [2.75, 3.05) is 6.61 Å². The van der Waals surface area contributed by atoms with Crippen LogP contribution in [0.25, 0.3) is 0 Å². The summed E-state index contributed by atoms with van der Waals surface area (Å²) in [5, 5.41) is 10.7. The van der Waals surface area contributed by atoms with Crippen molar-refractivity contribution in [1.29, 1.82) is 0 Å². The van der Waals surface area contributed by atoms with Gasteiger partial charge in [-0.2, -0.15) is 0 Å². The van der Waals surface area contributed by atoms with Crippen LogP contribution in [0.2, 0.25) is 0 Å². The fraction of sp³-hybridized carbons (Fsp3) is 0.125. The lowest BCUT2D eigenvalue weighted by Crippen LogP contribution is -2.10. The largest absolute Gasteiger partial charge is 0.493 e. The highest BCUT2D eigenvalue weighted by Gasteiger charge is 2.16. The highest BCUT2D eigenvalue weighted by Crippen LogP contribution is 2.28. The van der Waals surface area contributed by atoms with E-state index in [1.54, 1.807) is 6.07 Å². The van der Waals surface area contributed by atoms with Gasteiger partial charge in [0.05, 0.1) is 27.1 Å². The molecule has 0 radical (unpaired) electrons. The summed E-state index contributed by atoms with van der Waals surface area (Å²) in [4.78, 5) is 33.3. The first-order valence-corrected chi connectivity index (χ1v) is 7.63. The van der Waals surface area contributed by atoms with Gasteiger partial charge in [0.2, 0.25) is 0 Å². The van der Waals surface area contributed by atoms with Gasteiger partial charge in [-0.1, -0.05) is 0 Å². The van der Waals surface area contributed by atoms with Gasteiger partial charge in [-0.15, -0.1) is 0 Å². The predicted octanol–water partition coefficient (Wildman–Crippen LogP) is 3.79. The van der Waals surface area contributed by atoms with E-state index in [0.29, 0.717) is 23.1 Å². The van der Waals surface area contributed by atoms with E-state index in [-0.39, 0.29) is 22.6 Å². The Morgan fingerprint density at radius 3 is 2.54 bits per heavy atom. The molecule has 2 aromatic carbocycles. The Kier molecular flexibility index (Phi) is 5.64. The highest BCUT2D eigenvalue weighted by atomic mass is 79.9. The number of nitro benzene ring substituents is 1. The van der Waals surface area contributed by atoms with Crippen molar-refractivity contribution in [1.82, 2.24) is 0 Å². The zero-order valence-electron chi connectivity index (χ0n) is 12.5. The van der Waals surface area contributed by atoms with Crippen molar-refractivity contribution >= 4 is 33.9 Å². The average molecular weight is 394 g/mol. The molecule has 24 heavy (non-hydrogen) atoms. The third kappa shape index (κ3) is 3.96. The molecule has 0 saturated heterocycles. The Labute approximate surface area is 145 Å². The molecule has 2 rings (SSSR count). The van der Waals surface area contributed by atoms with Gasteiger partial charge < -0.3 is 9.47 Å². The number of nitrogens with zero attached hydrogens (tertiary/aromatic N) is 1. The van der Waals surface area contributed by atoms with Crippen molar-refractivity contribution < 1.29 is 24.0 Å². The van der Waals surface area contributed by atoms with Gasteiger partial charge in [0.1, 0.15) is 11.5 Å². The van der Waals surface area contributed by atoms with Crippen LogP contribution in [0.1, 0.15) is 27.6 Å². The summed E-state index contributed by atoms with van der Waals surface area (Å²) in [5.74, 6) is -0.167. The molecule has 0 N–H and O–H groups in total. The van der Waals surface area contributed by atoms with Gasteiger partial charge in [0, 0.05) is 12.1 Å². The molecule has 0 aliphatic carbocycles. The number of nitro groups is 1. The van der Waals surface area contributed by atoms with Crippen LogP contribution in [-0.2, 0) is 0 Å². The van der Waals surface area contributed by atoms with E-state index in [4.69, 9.17) is 9.47 Å². The number of ether oxygens (including phenoxy) is 2. The molecule has 0 heterocycles. The lowest BCUT2D eigenvalue weighted by molar-refractivity contribution is -0.384. The van der Waals surface area contributed by atoms with Crippen LogP contribution in [0.5, 0.6) is 11.5 Å². The minimum atomic E-state index is -0.698. The standard InChI is InChI=1S/C16H12BrNO6/c1-2-23-15-5-3-10(8-13(15)17)16(20)24-14-6-4-12(18(21)22)7-11(14)9-19/h3-9H,2H2,1H3. The summed E-state index contributed by atoms with van der Waals surface area (Å²) in [6, 6.07) is 8.07. The molecule has 7 nitrogen and oxygen atoms in total. The Morgan fingerprint density at radius 2 is 1.96 bits per heavy atom. The molecular formula is C16H12BrNO6. The lowest BCUT2D eigenvalue weighted by Gasteiger charge is -2.09. The zero-order valence-corrected chi connectivity index (χ0v) is 14.1. The van der Waals surface area contributed by atoms with Gasteiger partial charge in [-0.25, -0.2) is 4.79 Å². The molecule has 0 bridgehead atoms. The summed E-state index contributed by atoms with van der Waals surface area (Å²) in [6.07, 6.45) is 0.393. The second-order valence-electron chi connectivity index (χ2n) is 4.56. The first-order chi connectivity index (χ1) is 11.5. The molecule has 0 atom stereocenters. The van der Waals surface area contributed by atoms with Crippen molar-refractivity contribution in [3.8, 4) is 11.5 Å². The van der Waals surface area contributed by atoms with Crippen molar-refractivity contribution in [2.24, 2.45) is 0 Å². The molecule has 0 amide bonds. The minimum Gasteiger partial charge on any atom is -0.493 e. The van der Waals surface area contributed by atoms with E-state index < -0.39 is 10.9 Å². The summed E-state index contributed by atoms with van der Waals surface area (Å²) in [7, 11) is 0. The van der Waals surface area contributed by atoms with Gasteiger partial charge in [-0.05, 0) is 47.1 Å². The van der Waals surface area contributed by atoms with Gasteiger partial charge >= 0.3 is 5.97 Å². The lowest BCUT2D eigenvalue weighted by atomic mass is 10.2. The molecule has 0 aliphatic rings. The maximum atomic E-state index is 12.2. The summed E-state index contributed by atoms with van der Waals surface area (Å²) in [6.45, 7) is 2.32. The monoisotopic (exact) mass is 393 g/mol. The van der Waals surface area contributed by atoms with Crippen LogP contribution >= 0.6 is 15.9 Å². The maximum absolute atomic E-state index is 12.2. The van der Waals surface area contributed by atoms with Gasteiger partial charge in [-0.3, -0.25) is 14.9 Å². The Morgan fingerprint density at radius 1 is 1.25 bits per heavy atom. The molecule has 0 fully saturated rings. The molecular weight excluding hydrogens is 382 g/mol. The molecule has 0 unspecified atom stereocenters. The van der Waals surface area contributed by atoms with Crippen LogP contribution in [-0.4, -0.2) is 23.8 Å². The van der Waals surface area contributed by atoms with Crippen LogP contribution in [0.3, 0.4) is 0 Å². The number of carbonyl (C=O) groups is 2. The van der Waals surface area contributed by atoms with Crippen LogP contribution in [0.4, 0.5) is 5.69 Å². The van der Waals surface area contributed by atoms with Crippen molar-refractivity contribution in [3.63, 3.8) is 0 Å². The number of hydrogen-bond donors (Lipinski definition) is 0. The molecule has 2 aromatic rings. The zero-order chi connectivity index (χ0) is 17.7. The number of non-ortho nitro benzene ring substituents is 1. The van der Waals surface area contributed by atoms with Crippen LogP contribution in [0, 0.1) is 10.1 Å². The Balaban J connectivity index is 2.25. The van der Waals surface area contributed by atoms with E-state index in [9.17, 15) is 19.7 Å². The predicted molar refractivity (Wildman–Crippen MR) is 88.8 cm³/mol. The van der Waals surface area contributed by atoms with Crippen LogP contribution in [0.15, 0.2) is 40.9 Å². The first-order valence-electron chi connectivity index (χ1n) is 6.84. The Hall–Kier alpha value is -2.74. The summed E-state index contributed by atoms with van der Waals surface area (Å²) >= 11 is 3.29. The van der Waals surface area contributed by atoms with E-state index in [0.717, 1.165) is 12.1 Å². The van der Waals surface area contributed by atoms with E-state index in [1.165, 1.54) is 18.2 Å². The van der Waals surface area contributed by atoms with E-state index >= 15 is 0 Å². The second-order valence-corrected chi connectivity index (χ2v) is 5.42. The number of rotatable bonds is 6. The van der Waals surface area contributed by atoms with Gasteiger partial charge in [0.15, 0.2) is 6.29 Å². The number of halogens is 1. The number of esters is 1. The molecule has 8 heteroatoms. The number of hydrogen-bond acceptors (Lipinski definition) is 6. The number of aldehydes is 1. The quantitative estimate of drug-likeness (QED) is 0.243. The number of benzene rings is 2. The summed E-state index contributed by atoms with van der Waals surface area (Å²) < 4.78 is 11.1. The maximum Gasteiger partial charge on any atom is 0.343 e. The molecule has 0 spiro atoms. The smallest absolute Gasteiger partial charge is 0.343 e. The molecule has 0 aromatic heterocycles. The topological polar surface area (TPSA) is 95.7 Å². The summed E-state index contributed by atoms with van der Waals surface area (Å²) in [5.41, 5.74) is -0.108. The van der Waals surface area contributed by atoms with Crippen LogP contribution < -0.4 is 9.47 Å². The van der Waals surface area contributed by atoms with Crippen molar-refractivity contribution in [3.05, 3.63) is 62.1 Å². The van der Waals surface area contributed by atoms with Crippen molar-refractivity contribution in [2.45, 2.75) is 6.92 Å². The normalized spacial score (nSPS) is 10.1. The van der Waals surface area contributed by atoms with Gasteiger partial charge in [0.25, 0.3) is 5.69 Å². The van der Waals surface area contributed by atoms with E-state index in [2.05, 4.69) is 15.9 Å². The molecule has 0 aliphatic heterocycles. The second kappa shape index (κ2) is 7.69. The van der Waals surface area contributed by atoms with E-state index in [1.807, 2.05) is 6.92 Å². The molecule has 124 valence electrons. The third-order valence-corrected chi connectivity index (χ3v) is 3.62. The minimum absolute atomic E-state index is 0.0504. The third-order valence-electron chi connectivity index (χ3n) is 3.00. The highest BCUT2D eigenvalue weighted by molar-refractivity contribution is 9.10. The fourth-order valence-corrected chi connectivity index (χ4v) is 2.39. The number of carbonyl (C=O) groups excluding carboxylic acids is 2.